The Bertz CT molecular complexity index is 1030. The smallest absolute Gasteiger partial charge is 0.314 e. The third kappa shape index (κ3) is 3.13. The molecule has 0 atom stereocenters. The Balaban J connectivity index is 1.59. The van der Waals surface area contributed by atoms with Crippen LogP contribution < -0.4 is 4.90 Å². The number of pyridine rings is 1. The molecule has 0 saturated carbocycles. The van der Waals surface area contributed by atoms with E-state index in [1.807, 2.05) is 48.0 Å². The van der Waals surface area contributed by atoms with Crippen LogP contribution in [0.25, 0.3) is 17.1 Å². The maximum absolute atomic E-state index is 12.6. The van der Waals surface area contributed by atoms with Crippen LogP contribution in [0.4, 0.5) is 14.5 Å². The van der Waals surface area contributed by atoms with Crippen molar-refractivity contribution in [1.82, 2.24) is 19.6 Å². The Labute approximate surface area is 147 Å². The quantitative estimate of drug-likeness (QED) is 0.542. The molecular weight excluding hydrogens is 340 g/mol. The molecule has 4 rings (SSSR count). The van der Waals surface area contributed by atoms with Gasteiger partial charge in [0, 0.05) is 30.7 Å². The second-order valence-corrected chi connectivity index (χ2v) is 5.85. The molecule has 26 heavy (non-hydrogen) atoms. The summed E-state index contributed by atoms with van der Waals surface area (Å²) in [6, 6.07) is 13.5. The number of alkyl halides is 2. The van der Waals surface area contributed by atoms with E-state index in [2.05, 4.69) is 20.1 Å². The number of nitrogens with zero attached hydrogens (tertiary/aromatic N) is 5. The molecular formula is C18H15F2N5O. The highest BCUT2D eigenvalue weighted by Crippen LogP contribution is 2.24. The Morgan fingerprint density at radius 2 is 1.96 bits per heavy atom. The van der Waals surface area contributed by atoms with Gasteiger partial charge in [-0.15, -0.1) is 10.2 Å². The summed E-state index contributed by atoms with van der Waals surface area (Å²) in [6.07, 6.45) is 0.930. The van der Waals surface area contributed by atoms with Gasteiger partial charge in [-0.3, -0.25) is 0 Å². The van der Waals surface area contributed by atoms with Crippen molar-refractivity contribution in [3.63, 3.8) is 0 Å². The highest BCUT2D eigenvalue weighted by molar-refractivity contribution is 5.60. The van der Waals surface area contributed by atoms with Crippen molar-refractivity contribution in [2.24, 2.45) is 0 Å². The third-order valence-electron chi connectivity index (χ3n) is 3.98. The zero-order valence-corrected chi connectivity index (χ0v) is 13.9. The van der Waals surface area contributed by atoms with Crippen LogP contribution in [0.15, 0.2) is 59.3 Å². The van der Waals surface area contributed by atoms with E-state index in [1.165, 1.54) is 0 Å². The number of hydrogen-bond donors (Lipinski definition) is 0. The van der Waals surface area contributed by atoms with E-state index in [0.29, 0.717) is 17.8 Å². The number of hydrogen-bond acceptors (Lipinski definition) is 5. The van der Waals surface area contributed by atoms with Crippen LogP contribution in [0.1, 0.15) is 18.0 Å². The molecule has 0 fully saturated rings. The second kappa shape index (κ2) is 6.55. The lowest BCUT2D eigenvalue weighted by molar-refractivity contribution is 0.116. The fourth-order valence-corrected chi connectivity index (χ4v) is 2.70. The molecule has 0 unspecified atom stereocenters. The highest BCUT2D eigenvalue weighted by Gasteiger charge is 2.17. The van der Waals surface area contributed by atoms with Gasteiger partial charge in [0.15, 0.2) is 0 Å². The lowest BCUT2D eigenvalue weighted by Crippen LogP contribution is -2.16. The third-order valence-corrected chi connectivity index (χ3v) is 3.98. The first-order valence-corrected chi connectivity index (χ1v) is 7.96. The fourth-order valence-electron chi connectivity index (χ4n) is 2.70. The zero-order valence-electron chi connectivity index (χ0n) is 13.9. The molecule has 0 amide bonds. The first-order valence-electron chi connectivity index (χ1n) is 7.96. The second-order valence-electron chi connectivity index (χ2n) is 5.85. The van der Waals surface area contributed by atoms with Crippen LogP contribution in [-0.4, -0.2) is 26.6 Å². The standard InChI is InChI=1S/C18H15F2N5O/c1-24(14-5-3-2-4-6-14)10-13-11-25-8-7-12(9-15(25)21-13)17-22-23-18(26-17)16(19)20/h2-9,11,16H,10H2,1H3. The molecule has 132 valence electrons. The van der Waals surface area contributed by atoms with Gasteiger partial charge in [0.05, 0.1) is 12.2 Å². The minimum Gasteiger partial charge on any atom is -0.415 e. The minimum atomic E-state index is -2.79. The van der Waals surface area contributed by atoms with Gasteiger partial charge in [0.2, 0.25) is 5.89 Å². The van der Waals surface area contributed by atoms with Gasteiger partial charge >= 0.3 is 6.43 Å². The first kappa shape index (κ1) is 16.2. The predicted molar refractivity (Wildman–Crippen MR) is 92.0 cm³/mol. The molecule has 8 heteroatoms. The van der Waals surface area contributed by atoms with Gasteiger partial charge in [-0.2, -0.15) is 8.78 Å². The molecule has 0 spiro atoms. The number of imidazole rings is 1. The van der Waals surface area contributed by atoms with Crippen molar-refractivity contribution in [2.75, 3.05) is 11.9 Å². The van der Waals surface area contributed by atoms with Gasteiger partial charge in [0.25, 0.3) is 5.89 Å². The number of anilines is 1. The number of rotatable bonds is 5. The maximum Gasteiger partial charge on any atom is 0.314 e. The lowest BCUT2D eigenvalue weighted by Gasteiger charge is -2.17. The number of halogens is 2. The summed E-state index contributed by atoms with van der Waals surface area (Å²) in [6.45, 7) is 0.636. The fraction of sp³-hybridized carbons (Fsp3) is 0.167. The summed E-state index contributed by atoms with van der Waals surface area (Å²) < 4.78 is 32.0. The summed E-state index contributed by atoms with van der Waals surface area (Å²) >= 11 is 0. The molecule has 4 aromatic rings. The van der Waals surface area contributed by atoms with Gasteiger partial charge in [-0.05, 0) is 24.3 Å². The van der Waals surface area contributed by atoms with Crippen LogP contribution in [0.3, 0.4) is 0 Å². The normalized spacial score (nSPS) is 11.4. The molecule has 3 heterocycles. The predicted octanol–water partition coefficient (Wildman–Crippen LogP) is 3.96. The van der Waals surface area contributed by atoms with Crippen molar-refractivity contribution in [1.29, 1.82) is 0 Å². The van der Waals surface area contributed by atoms with Gasteiger partial charge in [0.1, 0.15) is 5.65 Å². The van der Waals surface area contributed by atoms with Crippen LogP contribution in [0.5, 0.6) is 0 Å². The molecule has 1 aromatic carbocycles. The topological polar surface area (TPSA) is 59.5 Å². The summed E-state index contributed by atoms with van der Waals surface area (Å²) in [4.78, 5) is 6.68. The molecule has 0 bridgehead atoms. The highest BCUT2D eigenvalue weighted by atomic mass is 19.3. The average Bonchev–Trinajstić information content (AvgIpc) is 3.28. The van der Waals surface area contributed by atoms with Crippen LogP contribution >= 0.6 is 0 Å². The molecule has 0 radical (unpaired) electrons. The van der Waals surface area contributed by atoms with E-state index in [0.717, 1.165) is 11.4 Å². The van der Waals surface area contributed by atoms with Crippen LogP contribution in [0.2, 0.25) is 0 Å². The van der Waals surface area contributed by atoms with E-state index in [-0.39, 0.29) is 5.89 Å². The van der Waals surface area contributed by atoms with Crippen molar-refractivity contribution in [3.05, 3.63) is 66.4 Å². The maximum atomic E-state index is 12.6. The Morgan fingerprint density at radius 1 is 1.15 bits per heavy atom. The summed E-state index contributed by atoms with van der Waals surface area (Å²) in [5.41, 5.74) is 3.20. The average molecular weight is 355 g/mol. The number of para-hydroxylation sites is 1. The first-order chi connectivity index (χ1) is 12.6. The SMILES string of the molecule is CN(Cc1cn2ccc(-c3nnc(C(F)F)o3)cc2n1)c1ccccc1. The summed E-state index contributed by atoms with van der Waals surface area (Å²) in [7, 11) is 2.00. The molecule has 3 aromatic heterocycles. The molecule has 0 saturated heterocycles. The van der Waals surface area contributed by atoms with Crippen molar-refractivity contribution >= 4 is 11.3 Å². The minimum absolute atomic E-state index is 0.0498. The van der Waals surface area contributed by atoms with Gasteiger partial charge in [-0.25, -0.2) is 4.98 Å². The van der Waals surface area contributed by atoms with Crippen molar-refractivity contribution < 1.29 is 13.2 Å². The Morgan fingerprint density at radius 3 is 2.69 bits per heavy atom. The van der Waals surface area contributed by atoms with E-state index >= 15 is 0 Å². The summed E-state index contributed by atoms with van der Waals surface area (Å²) in [5, 5.41) is 7.02. The Hall–Kier alpha value is -3.29. The van der Waals surface area contributed by atoms with Crippen molar-refractivity contribution in [2.45, 2.75) is 13.0 Å². The van der Waals surface area contributed by atoms with E-state index in [1.54, 1.807) is 18.3 Å². The monoisotopic (exact) mass is 355 g/mol. The molecule has 0 aliphatic rings. The summed E-state index contributed by atoms with van der Waals surface area (Å²) in [5.74, 6) is -0.637. The van der Waals surface area contributed by atoms with Crippen LogP contribution in [0, 0.1) is 0 Å². The number of benzene rings is 1. The molecule has 0 aliphatic carbocycles. The van der Waals surface area contributed by atoms with E-state index in [4.69, 9.17) is 4.42 Å². The van der Waals surface area contributed by atoms with Gasteiger partial charge in [-0.1, -0.05) is 18.2 Å². The van der Waals surface area contributed by atoms with E-state index < -0.39 is 12.3 Å². The zero-order chi connectivity index (χ0) is 18.1. The molecule has 0 aliphatic heterocycles. The molecule has 0 N–H and O–H groups in total. The molecule has 6 nitrogen and oxygen atoms in total. The van der Waals surface area contributed by atoms with E-state index in [9.17, 15) is 8.78 Å². The number of fused-ring (bicyclic) bond motifs is 1. The lowest BCUT2D eigenvalue weighted by atomic mass is 10.2. The van der Waals surface area contributed by atoms with Crippen LogP contribution in [-0.2, 0) is 6.54 Å². The Kier molecular flexibility index (Phi) is 4.08. The van der Waals surface area contributed by atoms with Gasteiger partial charge < -0.3 is 13.7 Å². The largest absolute Gasteiger partial charge is 0.415 e. The van der Waals surface area contributed by atoms with Crippen molar-refractivity contribution in [3.8, 4) is 11.5 Å². The number of aromatic nitrogens is 4.